The van der Waals surface area contributed by atoms with Crippen LogP contribution in [0.2, 0.25) is 0 Å². The van der Waals surface area contributed by atoms with Gasteiger partial charge in [0.15, 0.2) is 0 Å². The molecule has 0 unspecified atom stereocenters. The highest BCUT2D eigenvalue weighted by molar-refractivity contribution is 5.97. The number of hydrogen-bond donors (Lipinski definition) is 1. The van der Waals surface area contributed by atoms with Crippen LogP contribution in [-0.4, -0.2) is 33.3 Å². The van der Waals surface area contributed by atoms with Crippen molar-refractivity contribution < 1.29 is 4.79 Å². The topological polar surface area (TPSA) is 63.1 Å². The van der Waals surface area contributed by atoms with Gasteiger partial charge in [0.1, 0.15) is 0 Å². The van der Waals surface area contributed by atoms with E-state index in [0.717, 1.165) is 30.8 Å². The van der Waals surface area contributed by atoms with Crippen molar-refractivity contribution in [2.24, 2.45) is 7.05 Å². The van der Waals surface area contributed by atoms with Gasteiger partial charge in [0.25, 0.3) is 0 Å². The lowest BCUT2D eigenvalue weighted by Gasteiger charge is -2.32. The van der Waals surface area contributed by atoms with Crippen LogP contribution >= 0.6 is 0 Å². The van der Waals surface area contributed by atoms with Crippen LogP contribution in [0.3, 0.4) is 0 Å². The molecule has 0 saturated carbocycles. The van der Waals surface area contributed by atoms with Crippen LogP contribution in [0.15, 0.2) is 36.8 Å². The Labute approximate surface area is 123 Å². The Morgan fingerprint density at radius 1 is 1.38 bits per heavy atom. The Kier molecular flexibility index (Phi) is 3.96. The fourth-order valence-corrected chi connectivity index (χ4v) is 2.64. The number of piperidine rings is 1. The predicted molar refractivity (Wildman–Crippen MR) is 79.7 cm³/mol. The average molecular weight is 285 g/mol. The Balaban J connectivity index is 1.66. The molecule has 0 spiro atoms. The number of carbonyl (C=O) groups excluding carboxylic acids is 1. The molecule has 1 amide bonds. The lowest BCUT2D eigenvalue weighted by atomic mass is 10.0. The van der Waals surface area contributed by atoms with Crippen molar-refractivity contribution in [3.63, 3.8) is 0 Å². The molecule has 2 aromatic heterocycles. The first-order valence-electron chi connectivity index (χ1n) is 7.17. The SMILES string of the molecule is Cn1nccc1CN[C@H]1CCCN(c2cccnc2)C1=O. The molecule has 6 heteroatoms. The van der Waals surface area contributed by atoms with Gasteiger partial charge in [-0.1, -0.05) is 0 Å². The standard InChI is InChI=1S/C15H19N5O/c1-19-12(6-8-18-19)11-17-14-5-3-9-20(15(14)21)13-4-2-7-16-10-13/h2,4,6-8,10,14,17H,3,5,9,11H2,1H3/t14-/m0/s1. The average Bonchev–Trinajstić information content (AvgIpc) is 2.92. The van der Waals surface area contributed by atoms with Crippen molar-refractivity contribution >= 4 is 11.6 Å². The predicted octanol–water partition coefficient (Wildman–Crippen LogP) is 1.10. The van der Waals surface area contributed by atoms with E-state index in [9.17, 15) is 4.79 Å². The molecule has 0 radical (unpaired) electrons. The van der Waals surface area contributed by atoms with Crippen molar-refractivity contribution in [1.82, 2.24) is 20.1 Å². The quantitative estimate of drug-likeness (QED) is 0.913. The normalized spacial score (nSPS) is 19.0. The molecule has 1 atom stereocenters. The maximum atomic E-state index is 12.6. The molecular weight excluding hydrogens is 266 g/mol. The number of hydrogen-bond acceptors (Lipinski definition) is 4. The Morgan fingerprint density at radius 2 is 2.29 bits per heavy atom. The van der Waals surface area contributed by atoms with E-state index >= 15 is 0 Å². The largest absolute Gasteiger partial charge is 0.310 e. The maximum absolute atomic E-state index is 12.6. The van der Waals surface area contributed by atoms with E-state index in [2.05, 4.69) is 15.4 Å². The Bertz CT molecular complexity index is 610. The molecule has 1 aliphatic heterocycles. The van der Waals surface area contributed by atoms with Crippen molar-refractivity contribution in [3.8, 4) is 0 Å². The van der Waals surface area contributed by atoms with Crippen molar-refractivity contribution in [2.45, 2.75) is 25.4 Å². The molecule has 1 saturated heterocycles. The number of nitrogens with zero attached hydrogens (tertiary/aromatic N) is 4. The Hall–Kier alpha value is -2.21. The van der Waals surface area contributed by atoms with Gasteiger partial charge in [0.05, 0.1) is 23.6 Å². The third kappa shape index (κ3) is 2.95. The van der Waals surface area contributed by atoms with Gasteiger partial charge < -0.3 is 10.2 Å². The van der Waals surface area contributed by atoms with Gasteiger partial charge in [-0.25, -0.2) is 0 Å². The molecule has 21 heavy (non-hydrogen) atoms. The fourth-order valence-electron chi connectivity index (χ4n) is 2.64. The second kappa shape index (κ2) is 6.05. The number of amides is 1. The molecule has 1 aliphatic rings. The number of aromatic nitrogens is 3. The summed E-state index contributed by atoms with van der Waals surface area (Å²) in [6, 6.07) is 5.59. The lowest BCUT2D eigenvalue weighted by Crippen LogP contribution is -2.50. The smallest absolute Gasteiger partial charge is 0.244 e. The number of carbonyl (C=O) groups is 1. The summed E-state index contributed by atoms with van der Waals surface area (Å²) in [5, 5.41) is 7.48. The first-order chi connectivity index (χ1) is 10.3. The molecular formula is C15H19N5O. The summed E-state index contributed by atoms with van der Waals surface area (Å²) in [6.45, 7) is 1.40. The van der Waals surface area contributed by atoms with Gasteiger partial charge in [-0.05, 0) is 31.0 Å². The summed E-state index contributed by atoms with van der Waals surface area (Å²) >= 11 is 0. The number of anilines is 1. The first-order valence-corrected chi connectivity index (χ1v) is 7.17. The van der Waals surface area contributed by atoms with Crippen LogP contribution in [0, 0.1) is 0 Å². The molecule has 1 fully saturated rings. The van der Waals surface area contributed by atoms with E-state index in [-0.39, 0.29) is 11.9 Å². The Morgan fingerprint density at radius 3 is 3.00 bits per heavy atom. The van der Waals surface area contributed by atoms with Crippen LogP contribution in [-0.2, 0) is 18.4 Å². The third-order valence-electron chi connectivity index (χ3n) is 3.85. The van der Waals surface area contributed by atoms with Gasteiger partial charge in [-0.15, -0.1) is 0 Å². The zero-order valence-electron chi connectivity index (χ0n) is 12.1. The lowest BCUT2D eigenvalue weighted by molar-refractivity contribution is -0.121. The number of aryl methyl sites for hydroxylation is 1. The van der Waals surface area contributed by atoms with Gasteiger partial charge in [0.2, 0.25) is 5.91 Å². The minimum atomic E-state index is -0.145. The van der Waals surface area contributed by atoms with Crippen LogP contribution in [0.4, 0.5) is 5.69 Å². The number of nitrogens with one attached hydrogen (secondary N) is 1. The first kappa shape index (κ1) is 13.8. The summed E-state index contributed by atoms with van der Waals surface area (Å²) in [4.78, 5) is 18.5. The van der Waals surface area contributed by atoms with E-state index in [1.807, 2.05) is 34.8 Å². The summed E-state index contributed by atoms with van der Waals surface area (Å²) in [5.74, 6) is 0.122. The molecule has 110 valence electrons. The summed E-state index contributed by atoms with van der Waals surface area (Å²) in [5.41, 5.74) is 1.94. The highest BCUT2D eigenvalue weighted by atomic mass is 16.2. The van der Waals surface area contributed by atoms with E-state index in [1.165, 1.54) is 0 Å². The second-order valence-electron chi connectivity index (χ2n) is 5.22. The fraction of sp³-hybridized carbons (Fsp3) is 0.400. The highest BCUT2D eigenvalue weighted by Crippen LogP contribution is 2.20. The highest BCUT2D eigenvalue weighted by Gasteiger charge is 2.29. The molecule has 0 aliphatic carbocycles. The monoisotopic (exact) mass is 285 g/mol. The molecule has 3 rings (SSSR count). The van der Waals surface area contributed by atoms with E-state index in [1.54, 1.807) is 18.6 Å². The van der Waals surface area contributed by atoms with Gasteiger partial charge in [0, 0.05) is 32.5 Å². The molecule has 0 bridgehead atoms. The summed E-state index contributed by atoms with van der Waals surface area (Å²) < 4.78 is 1.82. The zero-order valence-corrected chi connectivity index (χ0v) is 12.1. The van der Waals surface area contributed by atoms with Crippen molar-refractivity contribution in [1.29, 1.82) is 0 Å². The summed E-state index contributed by atoms with van der Waals surface area (Å²) in [7, 11) is 1.90. The summed E-state index contributed by atoms with van der Waals surface area (Å²) in [6.07, 6.45) is 7.08. The molecule has 1 N–H and O–H groups in total. The third-order valence-corrected chi connectivity index (χ3v) is 3.85. The van der Waals surface area contributed by atoms with Crippen molar-refractivity contribution in [2.75, 3.05) is 11.4 Å². The van der Waals surface area contributed by atoms with E-state index in [0.29, 0.717) is 6.54 Å². The number of rotatable bonds is 4. The van der Waals surface area contributed by atoms with E-state index < -0.39 is 0 Å². The van der Waals surface area contributed by atoms with Crippen LogP contribution < -0.4 is 10.2 Å². The zero-order chi connectivity index (χ0) is 14.7. The van der Waals surface area contributed by atoms with Gasteiger partial charge in [-0.3, -0.25) is 14.5 Å². The van der Waals surface area contributed by atoms with Crippen molar-refractivity contribution in [3.05, 3.63) is 42.5 Å². The second-order valence-corrected chi connectivity index (χ2v) is 5.22. The minimum Gasteiger partial charge on any atom is -0.310 e. The molecule has 0 aromatic carbocycles. The molecule has 2 aromatic rings. The van der Waals surface area contributed by atoms with E-state index in [4.69, 9.17) is 0 Å². The van der Waals surface area contributed by atoms with Gasteiger partial charge >= 0.3 is 0 Å². The number of pyridine rings is 1. The van der Waals surface area contributed by atoms with Crippen LogP contribution in [0.5, 0.6) is 0 Å². The van der Waals surface area contributed by atoms with Crippen LogP contribution in [0.25, 0.3) is 0 Å². The molecule has 6 nitrogen and oxygen atoms in total. The molecule has 3 heterocycles. The minimum absolute atomic E-state index is 0.122. The van der Waals surface area contributed by atoms with Crippen LogP contribution in [0.1, 0.15) is 18.5 Å². The van der Waals surface area contributed by atoms with Gasteiger partial charge in [-0.2, -0.15) is 5.10 Å². The maximum Gasteiger partial charge on any atom is 0.244 e.